The molecular weight excluding hydrogens is 515 g/mol. The molecule has 0 amide bonds. The van der Waals surface area contributed by atoms with Gasteiger partial charge in [-0.1, -0.05) is 31.9 Å². The molecule has 1 rings (SSSR count). The van der Waals surface area contributed by atoms with E-state index in [4.69, 9.17) is 5.26 Å². The first-order valence-corrected chi connectivity index (χ1v) is 9.12. The summed E-state index contributed by atoms with van der Waals surface area (Å²) in [4.78, 5) is -1.49. The van der Waals surface area contributed by atoms with Crippen LogP contribution < -0.4 is 0 Å². The van der Waals surface area contributed by atoms with Gasteiger partial charge in [-0.25, -0.2) is 8.42 Å². The van der Waals surface area contributed by atoms with Gasteiger partial charge in [-0.15, -0.1) is 0 Å². The molecule has 0 N–H and O–H groups in total. The maximum atomic E-state index is 13.7. The first-order valence-electron chi connectivity index (χ1n) is 6.05. The number of alkyl halides is 8. The molecule has 0 saturated heterocycles. The Bertz CT molecular complexity index is 767. The smallest absolute Gasteiger partial charge is 0.217 e. The maximum Gasteiger partial charge on any atom is 0.461 e. The molecule has 0 bridgehead atoms. The van der Waals surface area contributed by atoms with Crippen LogP contribution in [0.4, 0.5) is 30.7 Å². The Balaban J connectivity index is 3.60. The summed E-state index contributed by atoms with van der Waals surface area (Å²) in [6.07, 6.45) is -4.71. The van der Waals surface area contributed by atoms with Crippen LogP contribution >= 0.6 is 31.9 Å². The standard InChI is InChI=1S/C12H7Br2F7NO2S/c1-6(5-22)9(14)3-7(13)2-8(4-9)25(23,24)12(20,21)10(15,16)11(17,18)19/h2-4,6H,1H3. The second-order valence-electron chi connectivity index (χ2n) is 4.99. The Kier molecular flexibility index (Phi) is 5.85. The highest BCUT2D eigenvalue weighted by molar-refractivity contribution is 9.12. The normalized spacial score (nSPS) is 24.2. The van der Waals surface area contributed by atoms with Gasteiger partial charge in [0.25, 0.3) is 0 Å². The van der Waals surface area contributed by atoms with Crippen LogP contribution in [0.5, 0.6) is 0 Å². The van der Waals surface area contributed by atoms with Gasteiger partial charge in [0, 0.05) is 10.9 Å². The van der Waals surface area contributed by atoms with E-state index in [2.05, 4.69) is 31.9 Å². The highest BCUT2D eigenvalue weighted by atomic mass is 79.9. The number of halogens is 9. The van der Waals surface area contributed by atoms with Crippen molar-refractivity contribution < 1.29 is 39.2 Å². The van der Waals surface area contributed by atoms with Gasteiger partial charge in [-0.05, 0) is 19.1 Å². The predicted octanol–water partition coefficient (Wildman–Crippen LogP) is 4.87. The quantitative estimate of drug-likeness (QED) is 0.392. The molecule has 1 radical (unpaired) electrons. The minimum atomic E-state index is -6.82. The largest absolute Gasteiger partial charge is 0.461 e. The van der Waals surface area contributed by atoms with Gasteiger partial charge in [0.1, 0.15) is 0 Å². The maximum absolute atomic E-state index is 13.7. The molecule has 141 valence electrons. The summed E-state index contributed by atoms with van der Waals surface area (Å²) < 4.78 is 112. The summed E-state index contributed by atoms with van der Waals surface area (Å²) in [5.74, 6) is -7.90. The van der Waals surface area contributed by atoms with Gasteiger partial charge >= 0.3 is 17.4 Å². The zero-order chi connectivity index (χ0) is 20.1. The van der Waals surface area contributed by atoms with E-state index in [1.165, 1.54) is 13.3 Å². The van der Waals surface area contributed by atoms with Crippen LogP contribution in [0.15, 0.2) is 21.5 Å². The molecule has 0 fully saturated rings. The van der Waals surface area contributed by atoms with E-state index in [1.807, 2.05) is 0 Å². The zero-order valence-electron chi connectivity index (χ0n) is 11.9. The third-order valence-electron chi connectivity index (χ3n) is 3.23. The summed E-state index contributed by atoms with van der Waals surface area (Å²) >= 11 is 5.66. The molecule has 0 aromatic heterocycles. The fraction of sp³-hybridized carbons (Fsp3) is 0.500. The van der Waals surface area contributed by atoms with E-state index < -0.39 is 42.3 Å². The molecule has 2 unspecified atom stereocenters. The van der Waals surface area contributed by atoms with Crippen LogP contribution in [-0.2, 0) is 9.84 Å². The van der Waals surface area contributed by atoms with E-state index in [0.717, 1.165) is 0 Å². The molecule has 1 aliphatic rings. The Hall–Kier alpha value is -0.610. The molecule has 0 heterocycles. The Morgan fingerprint density at radius 1 is 1.20 bits per heavy atom. The van der Waals surface area contributed by atoms with Gasteiger partial charge in [0.2, 0.25) is 9.84 Å². The fourth-order valence-electron chi connectivity index (χ4n) is 1.68. The van der Waals surface area contributed by atoms with E-state index in [9.17, 15) is 39.2 Å². The second kappa shape index (κ2) is 6.53. The fourth-order valence-corrected chi connectivity index (χ4v) is 4.89. The van der Waals surface area contributed by atoms with Gasteiger partial charge in [-0.2, -0.15) is 36.0 Å². The van der Waals surface area contributed by atoms with E-state index in [0.29, 0.717) is 12.2 Å². The Morgan fingerprint density at radius 2 is 1.68 bits per heavy atom. The van der Waals surface area contributed by atoms with E-state index in [-0.39, 0.29) is 4.48 Å². The topological polar surface area (TPSA) is 57.9 Å². The molecule has 2 atom stereocenters. The summed E-state index contributed by atoms with van der Waals surface area (Å²) in [5.41, 5.74) is 0. The van der Waals surface area contributed by atoms with Crippen molar-refractivity contribution in [2.24, 2.45) is 5.92 Å². The Labute approximate surface area is 154 Å². The number of rotatable bonds is 4. The zero-order valence-corrected chi connectivity index (χ0v) is 15.9. The van der Waals surface area contributed by atoms with Gasteiger partial charge in [-0.3, -0.25) is 0 Å². The van der Waals surface area contributed by atoms with Crippen molar-refractivity contribution >= 4 is 41.7 Å². The van der Waals surface area contributed by atoms with Crippen LogP contribution in [0.1, 0.15) is 6.92 Å². The van der Waals surface area contributed by atoms with Crippen molar-refractivity contribution in [1.29, 1.82) is 5.26 Å². The first kappa shape index (κ1) is 22.4. The highest BCUT2D eigenvalue weighted by Crippen LogP contribution is 2.52. The monoisotopic (exact) mass is 520 g/mol. The SMILES string of the molecule is CC(C#N)C1(Br)[CH]C(Br)=CC(S(=O)(=O)C(F)(F)C(F)(F)C(F)(F)F)=C1. The minimum Gasteiger partial charge on any atom is -0.217 e. The van der Waals surface area contributed by atoms with Crippen LogP contribution in [0, 0.1) is 23.7 Å². The average Bonchev–Trinajstić information content (AvgIpc) is 2.43. The molecular formula is C12H7Br2F7NO2S. The number of nitriles is 1. The summed E-state index contributed by atoms with van der Waals surface area (Å²) in [6, 6.07) is 1.68. The molecule has 0 aromatic carbocycles. The lowest BCUT2D eigenvalue weighted by Crippen LogP contribution is -2.56. The third-order valence-corrected chi connectivity index (χ3v) is 6.62. The number of allylic oxidation sites excluding steroid dienone is 3. The van der Waals surface area contributed by atoms with Crippen molar-refractivity contribution in [2.45, 2.75) is 28.6 Å². The first-order chi connectivity index (χ1) is 10.9. The second-order valence-corrected chi connectivity index (χ2v) is 9.27. The lowest BCUT2D eigenvalue weighted by molar-refractivity contribution is -0.331. The summed E-state index contributed by atoms with van der Waals surface area (Å²) in [7, 11) is -6.46. The number of nitrogens with zero attached hydrogens (tertiary/aromatic N) is 1. The summed E-state index contributed by atoms with van der Waals surface area (Å²) in [5, 5.41) is 2.43. The van der Waals surface area contributed by atoms with Crippen molar-refractivity contribution in [2.75, 3.05) is 0 Å². The van der Waals surface area contributed by atoms with E-state index in [1.54, 1.807) is 6.07 Å². The van der Waals surface area contributed by atoms with Gasteiger partial charge in [0.15, 0.2) is 0 Å². The van der Waals surface area contributed by atoms with Crippen molar-refractivity contribution in [3.8, 4) is 6.07 Å². The molecule has 1 aliphatic carbocycles. The van der Waals surface area contributed by atoms with Gasteiger partial charge < -0.3 is 0 Å². The average molecular weight is 522 g/mol. The van der Waals surface area contributed by atoms with Crippen LogP contribution in [0.3, 0.4) is 0 Å². The lowest BCUT2D eigenvalue weighted by atomic mass is 9.89. The van der Waals surface area contributed by atoms with Crippen LogP contribution in [-0.4, -0.2) is 30.1 Å². The molecule has 0 spiro atoms. The molecule has 0 saturated carbocycles. The van der Waals surface area contributed by atoms with Gasteiger partial charge in [0.05, 0.1) is 21.2 Å². The van der Waals surface area contributed by atoms with Crippen molar-refractivity contribution in [1.82, 2.24) is 0 Å². The minimum absolute atomic E-state index is 0.210. The Morgan fingerprint density at radius 3 is 2.08 bits per heavy atom. The lowest BCUT2D eigenvalue weighted by Gasteiger charge is -2.32. The third kappa shape index (κ3) is 3.62. The van der Waals surface area contributed by atoms with E-state index >= 15 is 0 Å². The number of hydrogen-bond acceptors (Lipinski definition) is 3. The number of hydrogen-bond donors (Lipinski definition) is 0. The predicted molar refractivity (Wildman–Crippen MR) is 80.7 cm³/mol. The van der Waals surface area contributed by atoms with Crippen LogP contribution in [0.25, 0.3) is 0 Å². The van der Waals surface area contributed by atoms with Crippen LogP contribution in [0.2, 0.25) is 0 Å². The molecule has 13 heteroatoms. The van der Waals surface area contributed by atoms with Crippen molar-refractivity contribution in [3.63, 3.8) is 0 Å². The molecule has 0 aliphatic heterocycles. The molecule has 25 heavy (non-hydrogen) atoms. The number of sulfone groups is 1. The molecule has 0 aromatic rings. The highest BCUT2D eigenvalue weighted by Gasteiger charge is 2.79. The van der Waals surface area contributed by atoms with Crippen molar-refractivity contribution in [3.05, 3.63) is 28.0 Å². The summed E-state index contributed by atoms with van der Waals surface area (Å²) in [6.45, 7) is 1.25. The molecule has 3 nitrogen and oxygen atoms in total.